The number of anilines is 3. The van der Waals surface area contributed by atoms with Crippen LogP contribution < -0.4 is 4.90 Å². The molecule has 0 atom stereocenters. The fraction of sp³-hybridized carbons (Fsp3) is 0.0980. The van der Waals surface area contributed by atoms with Gasteiger partial charge in [0, 0.05) is 17.1 Å². The standard InChI is InChI=1S/C51H39N/c1-3-10-35(11-4-1)37-20-26-44(27-21-37)52(46-16-9-15-40(33-46)36-12-5-2-6-13-36)45-28-22-38(23-29-45)41-25-30-48-43(32-41)19-18-39-24-31-49-47-17-8-7-14-42(47)34-50(49)51(39)48/h2-3,5-7,9-16,18-33H,1,4,8,17,34H2. The van der Waals surface area contributed by atoms with Gasteiger partial charge in [-0.15, -0.1) is 0 Å². The lowest BCUT2D eigenvalue weighted by Crippen LogP contribution is -2.10. The Labute approximate surface area is 306 Å². The summed E-state index contributed by atoms with van der Waals surface area (Å²) in [7, 11) is 0. The highest BCUT2D eigenvalue weighted by Gasteiger charge is 2.24. The van der Waals surface area contributed by atoms with Crippen LogP contribution in [-0.4, -0.2) is 0 Å². The van der Waals surface area contributed by atoms with Crippen LogP contribution in [0.3, 0.4) is 0 Å². The quantitative estimate of drug-likeness (QED) is 0.160. The molecule has 0 aromatic heterocycles. The van der Waals surface area contributed by atoms with Crippen LogP contribution in [0, 0.1) is 0 Å². The second-order valence-electron chi connectivity index (χ2n) is 14.3. The van der Waals surface area contributed by atoms with Crippen LogP contribution in [0.4, 0.5) is 17.1 Å². The van der Waals surface area contributed by atoms with E-state index in [-0.39, 0.29) is 0 Å². The second kappa shape index (κ2) is 12.9. The van der Waals surface area contributed by atoms with Crippen molar-refractivity contribution in [2.75, 3.05) is 4.90 Å². The van der Waals surface area contributed by atoms with Gasteiger partial charge >= 0.3 is 0 Å². The predicted octanol–water partition coefficient (Wildman–Crippen LogP) is 14.2. The Morgan fingerprint density at radius 1 is 0.462 bits per heavy atom. The first-order chi connectivity index (χ1) is 25.8. The lowest BCUT2D eigenvalue weighted by molar-refractivity contribution is 1.04. The summed E-state index contributed by atoms with van der Waals surface area (Å²) in [6.07, 6.45) is 17.2. The molecule has 0 unspecified atom stereocenters. The van der Waals surface area contributed by atoms with E-state index < -0.39 is 0 Å². The number of allylic oxidation sites excluding steroid dienone is 8. The molecule has 0 saturated carbocycles. The second-order valence-corrected chi connectivity index (χ2v) is 14.3. The summed E-state index contributed by atoms with van der Waals surface area (Å²) in [5.74, 6) is 0. The Morgan fingerprint density at radius 3 is 1.96 bits per heavy atom. The minimum atomic E-state index is 1.04. The van der Waals surface area contributed by atoms with Gasteiger partial charge in [-0.1, -0.05) is 134 Å². The number of benzene rings is 7. The Morgan fingerprint density at radius 2 is 1.15 bits per heavy atom. The first kappa shape index (κ1) is 30.6. The van der Waals surface area contributed by atoms with Gasteiger partial charge in [-0.3, -0.25) is 0 Å². The van der Waals surface area contributed by atoms with E-state index in [0.717, 1.165) is 49.2 Å². The molecule has 0 amide bonds. The summed E-state index contributed by atoms with van der Waals surface area (Å²) in [4.78, 5) is 2.38. The van der Waals surface area contributed by atoms with E-state index in [0.29, 0.717) is 0 Å². The molecule has 3 aliphatic carbocycles. The molecule has 0 N–H and O–H groups in total. The van der Waals surface area contributed by atoms with Gasteiger partial charge in [0.15, 0.2) is 0 Å². The highest BCUT2D eigenvalue weighted by molar-refractivity contribution is 6.12. The molecule has 0 aliphatic heterocycles. The highest BCUT2D eigenvalue weighted by atomic mass is 15.1. The van der Waals surface area contributed by atoms with Crippen molar-refractivity contribution in [2.45, 2.75) is 32.1 Å². The topological polar surface area (TPSA) is 3.24 Å². The lowest BCUT2D eigenvalue weighted by atomic mass is 9.91. The minimum Gasteiger partial charge on any atom is -0.310 e. The molecule has 0 spiro atoms. The number of fused-ring (bicyclic) bond motifs is 6. The van der Waals surface area contributed by atoms with E-state index in [1.54, 1.807) is 5.57 Å². The van der Waals surface area contributed by atoms with Crippen molar-refractivity contribution in [3.05, 3.63) is 198 Å². The van der Waals surface area contributed by atoms with Gasteiger partial charge < -0.3 is 4.90 Å². The fourth-order valence-corrected chi connectivity index (χ4v) is 8.59. The van der Waals surface area contributed by atoms with Crippen LogP contribution >= 0.6 is 0 Å². The van der Waals surface area contributed by atoms with Crippen LogP contribution in [0.15, 0.2) is 182 Å². The molecular weight excluding hydrogens is 627 g/mol. The summed E-state index contributed by atoms with van der Waals surface area (Å²) in [6, 6.07) is 54.0. The number of nitrogens with zero attached hydrogens (tertiary/aromatic N) is 1. The van der Waals surface area contributed by atoms with E-state index in [1.807, 2.05) is 0 Å². The zero-order chi connectivity index (χ0) is 34.4. The summed E-state index contributed by atoms with van der Waals surface area (Å²) in [5.41, 5.74) is 16.9. The predicted molar refractivity (Wildman–Crippen MR) is 222 cm³/mol. The molecule has 0 radical (unpaired) electrons. The van der Waals surface area contributed by atoms with Crippen LogP contribution in [0.5, 0.6) is 0 Å². The maximum Gasteiger partial charge on any atom is 0.0467 e. The molecule has 0 fully saturated rings. The molecule has 3 aliphatic rings. The van der Waals surface area contributed by atoms with E-state index >= 15 is 0 Å². The van der Waals surface area contributed by atoms with Crippen LogP contribution in [0.2, 0.25) is 0 Å². The third kappa shape index (κ3) is 5.41. The summed E-state index contributed by atoms with van der Waals surface area (Å²) in [6.45, 7) is 0. The molecule has 0 heterocycles. The van der Waals surface area contributed by atoms with Crippen molar-refractivity contribution in [3.8, 4) is 22.3 Å². The Bertz CT molecular complexity index is 2610. The van der Waals surface area contributed by atoms with Crippen molar-refractivity contribution in [1.82, 2.24) is 0 Å². The third-order valence-electron chi connectivity index (χ3n) is 11.2. The van der Waals surface area contributed by atoms with Gasteiger partial charge in [-0.2, -0.15) is 0 Å². The largest absolute Gasteiger partial charge is 0.310 e. The van der Waals surface area contributed by atoms with E-state index in [2.05, 4.69) is 181 Å². The SMILES string of the molecule is C1=CC(c2ccc(N(c3ccc(-c4ccc5c(ccc6ccc7c(c65)CC5=C7CCC=C5)c4)cc3)c3cccc(-c4ccccc4)c3)cc2)=CCC1. The van der Waals surface area contributed by atoms with Gasteiger partial charge in [0.05, 0.1) is 0 Å². The molecule has 0 bridgehead atoms. The van der Waals surface area contributed by atoms with Gasteiger partial charge in [-0.05, 0) is 152 Å². The molecule has 52 heavy (non-hydrogen) atoms. The van der Waals surface area contributed by atoms with E-state index in [9.17, 15) is 0 Å². The lowest BCUT2D eigenvalue weighted by Gasteiger charge is -2.26. The normalized spacial score (nSPS) is 14.8. The molecule has 0 saturated heterocycles. The molecule has 248 valence electrons. The van der Waals surface area contributed by atoms with Crippen molar-refractivity contribution in [3.63, 3.8) is 0 Å². The van der Waals surface area contributed by atoms with Crippen molar-refractivity contribution < 1.29 is 0 Å². The van der Waals surface area contributed by atoms with E-state index in [1.165, 1.54) is 71.6 Å². The smallest absolute Gasteiger partial charge is 0.0467 e. The first-order valence-electron chi connectivity index (χ1n) is 18.7. The molecule has 7 aromatic carbocycles. The molecule has 1 heteroatoms. The zero-order valence-corrected chi connectivity index (χ0v) is 29.2. The van der Waals surface area contributed by atoms with Gasteiger partial charge in [-0.25, -0.2) is 0 Å². The number of hydrogen-bond acceptors (Lipinski definition) is 1. The Balaban J connectivity index is 1.02. The number of rotatable bonds is 6. The molecule has 10 rings (SSSR count). The van der Waals surface area contributed by atoms with Crippen LogP contribution in [0.25, 0.3) is 54.9 Å². The van der Waals surface area contributed by atoms with Crippen LogP contribution in [0.1, 0.15) is 42.4 Å². The monoisotopic (exact) mass is 665 g/mol. The fourth-order valence-electron chi connectivity index (χ4n) is 8.59. The highest BCUT2D eigenvalue weighted by Crippen LogP contribution is 2.44. The Kier molecular flexibility index (Phi) is 7.57. The first-order valence-corrected chi connectivity index (χ1v) is 18.7. The van der Waals surface area contributed by atoms with E-state index in [4.69, 9.17) is 0 Å². The average molecular weight is 666 g/mol. The average Bonchev–Trinajstić information content (AvgIpc) is 3.61. The van der Waals surface area contributed by atoms with Crippen molar-refractivity contribution in [1.29, 1.82) is 0 Å². The van der Waals surface area contributed by atoms with Crippen molar-refractivity contribution >= 4 is 49.8 Å². The number of hydrogen-bond donors (Lipinski definition) is 0. The third-order valence-corrected chi connectivity index (χ3v) is 11.2. The van der Waals surface area contributed by atoms with Gasteiger partial charge in [0.25, 0.3) is 0 Å². The Hall–Kier alpha value is -6.18. The zero-order valence-electron chi connectivity index (χ0n) is 29.2. The maximum absolute atomic E-state index is 2.38. The summed E-state index contributed by atoms with van der Waals surface area (Å²) >= 11 is 0. The van der Waals surface area contributed by atoms with Gasteiger partial charge in [0.2, 0.25) is 0 Å². The molecule has 7 aromatic rings. The molecule has 1 nitrogen and oxygen atoms in total. The summed E-state index contributed by atoms with van der Waals surface area (Å²) in [5, 5.41) is 5.41. The maximum atomic E-state index is 2.38. The van der Waals surface area contributed by atoms with Gasteiger partial charge in [0.1, 0.15) is 0 Å². The van der Waals surface area contributed by atoms with Crippen molar-refractivity contribution in [2.24, 2.45) is 0 Å². The van der Waals surface area contributed by atoms with Crippen LogP contribution in [-0.2, 0) is 6.42 Å². The summed E-state index contributed by atoms with van der Waals surface area (Å²) < 4.78 is 0. The minimum absolute atomic E-state index is 1.04. The molecular formula is C51H39N.